The molecule has 1 aromatic carbocycles. The number of nitrogens with zero attached hydrogens (tertiary/aromatic N) is 1. The Morgan fingerprint density at radius 1 is 1.47 bits per heavy atom. The minimum absolute atomic E-state index is 0.0537. The van der Waals surface area contributed by atoms with Gasteiger partial charge in [-0.3, -0.25) is 10.1 Å². The number of ether oxygens (including phenoxy) is 1. The van der Waals surface area contributed by atoms with Gasteiger partial charge in [0.2, 0.25) is 5.75 Å². The lowest BCUT2D eigenvalue weighted by Gasteiger charge is -2.32. The lowest BCUT2D eigenvalue weighted by Crippen LogP contribution is -2.46. The molecule has 1 fully saturated rings. The van der Waals surface area contributed by atoms with E-state index in [0.717, 1.165) is 13.1 Å². The summed E-state index contributed by atoms with van der Waals surface area (Å²) in [5, 5.41) is 24.4. The summed E-state index contributed by atoms with van der Waals surface area (Å²) < 4.78 is 6.02. The van der Waals surface area contributed by atoms with Crippen molar-refractivity contribution in [3.8, 4) is 5.75 Å². The Balaban J connectivity index is 2.12. The molecule has 0 bridgehead atoms. The van der Waals surface area contributed by atoms with Crippen molar-refractivity contribution in [1.82, 2.24) is 5.32 Å². The second-order valence-electron chi connectivity index (χ2n) is 4.61. The van der Waals surface area contributed by atoms with Gasteiger partial charge >= 0.3 is 5.69 Å². The van der Waals surface area contributed by atoms with Crippen molar-refractivity contribution in [2.24, 2.45) is 0 Å². The fourth-order valence-corrected chi connectivity index (χ4v) is 2.50. The molecule has 0 amide bonds. The molecule has 2 rings (SSSR count). The molecule has 0 atom stereocenters. The third-order valence-electron chi connectivity index (χ3n) is 3.16. The number of para-hydroxylation sites is 1. The largest absolute Gasteiger partial charge is 0.483 e. The molecule has 0 unspecified atom stereocenters. The van der Waals surface area contributed by atoms with Crippen LogP contribution in [0.4, 0.5) is 5.69 Å². The molecule has 1 aromatic rings. The van der Waals surface area contributed by atoms with Crippen molar-refractivity contribution in [2.45, 2.75) is 18.4 Å². The second kappa shape index (κ2) is 5.85. The van der Waals surface area contributed by atoms with E-state index in [-0.39, 0.29) is 18.0 Å². The fourth-order valence-electron chi connectivity index (χ4n) is 2.03. The van der Waals surface area contributed by atoms with E-state index in [9.17, 15) is 15.2 Å². The summed E-state index contributed by atoms with van der Waals surface area (Å²) in [5.74, 6) is 0.166. The van der Waals surface area contributed by atoms with Gasteiger partial charge in [-0.25, -0.2) is 0 Å². The van der Waals surface area contributed by atoms with Crippen molar-refractivity contribution in [1.29, 1.82) is 0 Å². The predicted molar refractivity (Wildman–Crippen MR) is 73.3 cm³/mol. The van der Waals surface area contributed by atoms with Crippen LogP contribution < -0.4 is 10.1 Å². The Kier molecular flexibility index (Phi) is 4.38. The summed E-state index contributed by atoms with van der Waals surface area (Å²) in [5.41, 5.74) is -1.03. The average Bonchev–Trinajstić information content (AvgIpc) is 2.38. The predicted octanol–water partition coefficient (Wildman–Crippen LogP) is 1.85. The monoisotopic (exact) mass is 330 g/mol. The van der Waals surface area contributed by atoms with E-state index < -0.39 is 10.5 Å². The summed E-state index contributed by atoms with van der Waals surface area (Å²) in [6.07, 6.45) is 1.15. The molecule has 1 aliphatic heterocycles. The molecule has 0 saturated carbocycles. The maximum atomic E-state index is 10.9. The fraction of sp³-hybridized carbons (Fsp3) is 0.500. The number of piperidine rings is 1. The molecule has 19 heavy (non-hydrogen) atoms. The van der Waals surface area contributed by atoms with Gasteiger partial charge < -0.3 is 15.2 Å². The summed E-state index contributed by atoms with van der Waals surface area (Å²) in [6.45, 7) is 1.49. The van der Waals surface area contributed by atoms with E-state index in [0.29, 0.717) is 17.3 Å². The minimum atomic E-state index is -0.922. The number of nitrogens with one attached hydrogen (secondary N) is 1. The molecule has 0 spiro atoms. The molecule has 1 aliphatic rings. The van der Waals surface area contributed by atoms with Crippen LogP contribution in [-0.2, 0) is 0 Å². The average molecular weight is 331 g/mol. The molecule has 1 saturated heterocycles. The van der Waals surface area contributed by atoms with Gasteiger partial charge in [-0.2, -0.15) is 0 Å². The molecule has 2 N–H and O–H groups in total. The number of hydrogen-bond acceptors (Lipinski definition) is 5. The van der Waals surface area contributed by atoms with Gasteiger partial charge in [0, 0.05) is 6.07 Å². The lowest BCUT2D eigenvalue weighted by atomic mass is 9.93. The Morgan fingerprint density at radius 2 is 2.16 bits per heavy atom. The van der Waals surface area contributed by atoms with Crippen LogP contribution in [0.1, 0.15) is 12.8 Å². The van der Waals surface area contributed by atoms with Crippen LogP contribution in [-0.4, -0.2) is 35.3 Å². The summed E-state index contributed by atoms with van der Waals surface area (Å²) in [7, 11) is 0. The van der Waals surface area contributed by atoms with Gasteiger partial charge in [-0.1, -0.05) is 6.07 Å². The van der Waals surface area contributed by atoms with E-state index >= 15 is 0 Å². The first-order valence-corrected chi connectivity index (χ1v) is 6.80. The van der Waals surface area contributed by atoms with Crippen molar-refractivity contribution in [3.05, 3.63) is 32.8 Å². The van der Waals surface area contributed by atoms with Crippen molar-refractivity contribution >= 4 is 21.6 Å². The molecule has 0 radical (unpaired) electrons. The van der Waals surface area contributed by atoms with Gasteiger partial charge in [0.25, 0.3) is 0 Å². The molecule has 1 heterocycles. The van der Waals surface area contributed by atoms with Crippen LogP contribution in [0.5, 0.6) is 5.75 Å². The lowest BCUT2D eigenvalue weighted by molar-refractivity contribution is -0.386. The Hall–Kier alpha value is -1.18. The topological polar surface area (TPSA) is 84.6 Å². The molecule has 6 nitrogen and oxygen atoms in total. The quantitative estimate of drug-likeness (QED) is 0.650. The Morgan fingerprint density at radius 3 is 2.79 bits per heavy atom. The first kappa shape index (κ1) is 14.2. The number of halogens is 1. The van der Waals surface area contributed by atoms with Crippen LogP contribution in [0.15, 0.2) is 22.7 Å². The highest BCUT2D eigenvalue weighted by Crippen LogP contribution is 2.35. The Labute approximate surface area is 119 Å². The van der Waals surface area contributed by atoms with Crippen LogP contribution in [0.2, 0.25) is 0 Å². The maximum Gasteiger partial charge on any atom is 0.312 e. The molecule has 0 aliphatic carbocycles. The standard InChI is InChI=1S/C12H15BrN2O4/c13-9-2-1-3-10(15(17)18)11(9)19-8-12(16)4-6-14-7-5-12/h1-3,14,16H,4-8H2. The number of nitro groups is 1. The molecular weight excluding hydrogens is 316 g/mol. The molecular formula is C12H15BrN2O4. The first-order valence-electron chi connectivity index (χ1n) is 6.01. The zero-order valence-corrected chi connectivity index (χ0v) is 11.9. The first-order chi connectivity index (χ1) is 9.02. The minimum Gasteiger partial charge on any atom is -0.483 e. The van der Waals surface area contributed by atoms with Gasteiger partial charge in [0.05, 0.1) is 9.40 Å². The number of rotatable bonds is 4. The van der Waals surface area contributed by atoms with Crippen molar-refractivity contribution in [2.75, 3.05) is 19.7 Å². The zero-order chi connectivity index (χ0) is 13.9. The third kappa shape index (κ3) is 3.43. The van der Waals surface area contributed by atoms with Crippen LogP contribution in [0.3, 0.4) is 0 Å². The normalized spacial score (nSPS) is 18.0. The van der Waals surface area contributed by atoms with E-state index in [4.69, 9.17) is 4.74 Å². The SMILES string of the molecule is O=[N+]([O-])c1cccc(Br)c1OCC1(O)CCNCC1. The number of aliphatic hydroxyl groups is 1. The van der Waals surface area contributed by atoms with E-state index in [1.807, 2.05) is 0 Å². The number of benzene rings is 1. The second-order valence-corrected chi connectivity index (χ2v) is 5.46. The molecule has 0 aromatic heterocycles. The summed E-state index contributed by atoms with van der Waals surface area (Å²) >= 11 is 3.23. The van der Waals surface area contributed by atoms with Crippen LogP contribution in [0, 0.1) is 10.1 Å². The number of nitro benzene ring substituents is 1. The van der Waals surface area contributed by atoms with E-state index in [2.05, 4.69) is 21.2 Å². The Bertz CT molecular complexity index is 475. The van der Waals surface area contributed by atoms with Crippen molar-refractivity contribution < 1.29 is 14.8 Å². The van der Waals surface area contributed by atoms with Gasteiger partial charge in [-0.15, -0.1) is 0 Å². The maximum absolute atomic E-state index is 10.9. The summed E-state index contributed by atoms with van der Waals surface area (Å²) in [6, 6.07) is 4.63. The van der Waals surface area contributed by atoms with E-state index in [1.165, 1.54) is 6.07 Å². The zero-order valence-electron chi connectivity index (χ0n) is 10.3. The van der Waals surface area contributed by atoms with Crippen LogP contribution >= 0.6 is 15.9 Å². The van der Waals surface area contributed by atoms with Gasteiger partial charge in [0.1, 0.15) is 12.2 Å². The van der Waals surface area contributed by atoms with Crippen molar-refractivity contribution in [3.63, 3.8) is 0 Å². The highest BCUT2D eigenvalue weighted by Gasteiger charge is 2.31. The van der Waals surface area contributed by atoms with Gasteiger partial charge in [-0.05, 0) is 47.9 Å². The summed E-state index contributed by atoms with van der Waals surface area (Å²) in [4.78, 5) is 10.4. The van der Waals surface area contributed by atoms with Gasteiger partial charge in [0.15, 0.2) is 0 Å². The smallest absolute Gasteiger partial charge is 0.312 e. The third-order valence-corrected chi connectivity index (χ3v) is 3.79. The molecule has 104 valence electrons. The highest BCUT2D eigenvalue weighted by atomic mass is 79.9. The highest BCUT2D eigenvalue weighted by molar-refractivity contribution is 9.10. The molecule has 7 heteroatoms. The number of hydrogen-bond donors (Lipinski definition) is 2. The van der Waals surface area contributed by atoms with E-state index in [1.54, 1.807) is 12.1 Å². The van der Waals surface area contributed by atoms with Crippen LogP contribution in [0.25, 0.3) is 0 Å².